The van der Waals surface area contributed by atoms with Crippen LogP contribution in [0.3, 0.4) is 0 Å². The topological polar surface area (TPSA) is 97.4 Å². The fourth-order valence-corrected chi connectivity index (χ4v) is 3.40. The van der Waals surface area contributed by atoms with Gasteiger partial charge in [-0.3, -0.25) is 14.4 Å². The fourth-order valence-electron chi connectivity index (χ4n) is 2.98. The Balaban J connectivity index is 2.20. The smallest absolute Gasteiger partial charge is 0.308 e. The van der Waals surface area contributed by atoms with Gasteiger partial charge in [0.25, 0.3) is 0 Å². The van der Waals surface area contributed by atoms with Gasteiger partial charge in [-0.1, -0.05) is 40.2 Å². The molecule has 31 heavy (non-hydrogen) atoms. The third-order valence-corrected chi connectivity index (χ3v) is 4.88. The second-order valence-corrected chi connectivity index (χ2v) is 7.60. The molecule has 0 unspecified atom stereocenters. The number of nitrogens with one attached hydrogen (secondary N) is 2. The molecule has 1 aromatic heterocycles. The molecule has 0 aliphatic rings. The van der Waals surface area contributed by atoms with Crippen molar-refractivity contribution in [3.8, 4) is 5.75 Å². The van der Waals surface area contributed by atoms with E-state index in [1.54, 1.807) is 18.2 Å². The minimum Gasteiger partial charge on any atom is -0.422 e. The van der Waals surface area contributed by atoms with Crippen molar-refractivity contribution in [1.82, 2.24) is 4.98 Å². The summed E-state index contributed by atoms with van der Waals surface area (Å²) < 4.78 is 6.33. The van der Waals surface area contributed by atoms with Crippen LogP contribution >= 0.6 is 15.9 Å². The first-order chi connectivity index (χ1) is 14.7. The van der Waals surface area contributed by atoms with Crippen molar-refractivity contribution in [3.63, 3.8) is 0 Å². The van der Waals surface area contributed by atoms with Gasteiger partial charge < -0.3 is 15.4 Å². The normalized spacial score (nSPS) is 10.8. The first kappa shape index (κ1) is 22.2. The molecule has 0 atom stereocenters. The Morgan fingerprint density at radius 1 is 0.935 bits per heavy atom. The van der Waals surface area contributed by atoms with Gasteiger partial charge in [0.05, 0.1) is 17.1 Å². The van der Waals surface area contributed by atoms with E-state index in [1.165, 1.54) is 20.8 Å². The molecule has 0 fully saturated rings. The van der Waals surface area contributed by atoms with Crippen molar-refractivity contribution in [2.24, 2.45) is 0 Å². The predicted molar refractivity (Wildman–Crippen MR) is 125 cm³/mol. The molecule has 158 valence electrons. The van der Waals surface area contributed by atoms with Gasteiger partial charge in [0.1, 0.15) is 5.52 Å². The zero-order valence-corrected chi connectivity index (χ0v) is 18.7. The predicted octanol–water partition coefficient (Wildman–Crippen LogP) is 5.01. The van der Waals surface area contributed by atoms with E-state index in [0.717, 1.165) is 10.0 Å². The first-order valence-electron chi connectivity index (χ1n) is 9.38. The molecular weight excluding hydrogens is 462 g/mol. The number of ether oxygens (including phenoxy) is 1. The Bertz CT molecular complexity index is 1220. The number of carbonyl (C=O) groups excluding carboxylic acids is 3. The summed E-state index contributed by atoms with van der Waals surface area (Å²) in [5.41, 5.74) is 2.58. The summed E-state index contributed by atoms with van der Waals surface area (Å²) in [5.74, 6) is -1.08. The van der Waals surface area contributed by atoms with Crippen molar-refractivity contribution >= 4 is 68.1 Å². The Hall–Kier alpha value is -3.52. The maximum atomic E-state index is 11.7. The number of esters is 1. The average molecular weight is 482 g/mol. The van der Waals surface area contributed by atoms with Crippen molar-refractivity contribution < 1.29 is 19.1 Å². The fraction of sp³-hybridized carbons (Fsp3) is 0.130. The molecule has 2 amide bonds. The lowest BCUT2D eigenvalue weighted by Gasteiger charge is -2.16. The number of benzene rings is 2. The summed E-state index contributed by atoms with van der Waals surface area (Å²) in [4.78, 5) is 39.8. The average Bonchev–Trinajstić information content (AvgIpc) is 2.69. The highest BCUT2D eigenvalue weighted by atomic mass is 79.9. The lowest BCUT2D eigenvalue weighted by molar-refractivity contribution is -0.131. The van der Waals surface area contributed by atoms with Crippen LogP contribution < -0.4 is 15.4 Å². The molecule has 2 N–H and O–H groups in total. The summed E-state index contributed by atoms with van der Waals surface area (Å²) in [5, 5.41) is 5.94. The number of hydrogen-bond acceptors (Lipinski definition) is 5. The molecule has 0 saturated carbocycles. The molecule has 0 aliphatic carbocycles. The SMILES string of the molecule is CC(=O)Nc1cc(NC(C)=O)c2ccc(/C=C/c3ccccc3Br)nc2c1OC(C)=O. The molecule has 2 aromatic carbocycles. The number of halogens is 1. The Labute approximate surface area is 187 Å². The van der Waals surface area contributed by atoms with Gasteiger partial charge in [-0.15, -0.1) is 0 Å². The number of fused-ring (bicyclic) bond motifs is 1. The van der Waals surface area contributed by atoms with E-state index in [4.69, 9.17) is 4.74 Å². The number of nitrogens with zero attached hydrogens (tertiary/aromatic N) is 1. The lowest BCUT2D eigenvalue weighted by Crippen LogP contribution is -2.13. The van der Waals surface area contributed by atoms with Gasteiger partial charge in [-0.25, -0.2) is 4.98 Å². The van der Waals surface area contributed by atoms with Crippen LogP contribution in [0.25, 0.3) is 23.1 Å². The molecule has 3 aromatic rings. The molecule has 3 rings (SSSR count). The third-order valence-electron chi connectivity index (χ3n) is 4.16. The standard InChI is InChI=1S/C23H20BrN3O4/c1-13(28)25-20-12-21(26-14(2)29)23(31-15(3)30)22-18(20)11-10-17(27-22)9-8-16-6-4-5-7-19(16)24/h4-12H,1-3H3,(H,25,28)(H,26,29)/b9-8+. The molecule has 0 saturated heterocycles. The van der Waals surface area contributed by atoms with Crippen LogP contribution in [0.1, 0.15) is 32.0 Å². The van der Waals surface area contributed by atoms with Crippen LogP contribution in [0, 0.1) is 0 Å². The number of carbonyl (C=O) groups is 3. The van der Waals surface area contributed by atoms with Crippen molar-refractivity contribution in [3.05, 3.63) is 58.2 Å². The van der Waals surface area contributed by atoms with Crippen LogP contribution in [0.15, 0.2) is 46.9 Å². The largest absolute Gasteiger partial charge is 0.422 e. The van der Waals surface area contributed by atoms with E-state index >= 15 is 0 Å². The second kappa shape index (κ2) is 9.53. The molecule has 0 bridgehead atoms. The molecule has 0 radical (unpaired) electrons. The van der Waals surface area contributed by atoms with E-state index in [2.05, 4.69) is 31.5 Å². The van der Waals surface area contributed by atoms with Gasteiger partial charge in [0.15, 0.2) is 5.75 Å². The van der Waals surface area contributed by atoms with Crippen molar-refractivity contribution in [2.45, 2.75) is 20.8 Å². The summed E-state index contributed by atoms with van der Waals surface area (Å²) in [6.45, 7) is 3.98. The van der Waals surface area contributed by atoms with Gasteiger partial charge in [0.2, 0.25) is 11.8 Å². The third kappa shape index (κ3) is 5.55. The maximum Gasteiger partial charge on any atom is 0.308 e. The minimum absolute atomic E-state index is 0.114. The molecule has 8 heteroatoms. The van der Waals surface area contributed by atoms with Crippen LogP contribution in [-0.4, -0.2) is 22.8 Å². The number of rotatable bonds is 5. The van der Waals surface area contributed by atoms with Crippen LogP contribution in [0.2, 0.25) is 0 Å². The van der Waals surface area contributed by atoms with E-state index in [0.29, 0.717) is 22.3 Å². The zero-order chi connectivity index (χ0) is 22.5. The monoisotopic (exact) mass is 481 g/mol. The Kier molecular flexibility index (Phi) is 6.81. The number of anilines is 2. The highest BCUT2D eigenvalue weighted by Gasteiger charge is 2.18. The minimum atomic E-state index is -0.559. The van der Waals surface area contributed by atoms with Crippen molar-refractivity contribution in [1.29, 1.82) is 0 Å². The number of amides is 2. The van der Waals surface area contributed by atoms with Gasteiger partial charge in [0, 0.05) is 30.6 Å². The first-order valence-corrected chi connectivity index (χ1v) is 10.2. The number of pyridine rings is 1. The van der Waals surface area contributed by atoms with E-state index in [-0.39, 0.29) is 23.3 Å². The molecule has 0 aliphatic heterocycles. The number of hydrogen-bond donors (Lipinski definition) is 2. The van der Waals surface area contributed by atoms with Crippen LogP contribution in [-0.2, 0) is 14.4 Å². The van der Waals surface area contributed by atoms with Crippen LogP contribution in [0.5, 0.6) is 5.75 Å². The molecule has 0 spiro atoms. The molecular formula is C23H20BrN3O4. The maximum absolute atomic E-state index is 11.7. The number of aromatic nitrogens is 1. The second-order valence-electron chi connectivity index (χ2n) is 6.74. The summed E-state index contributed by atoms with van der Waals surface area (Å²) in [6, 6.07) is 12.8. The Morgan fingerprint density at radius 2 is 1.61 bits per heavy atom. The van der Waals surface area contributed by atoms with E-state index < -0.39 is 5.97 Å². The highest BCUT2D eigenvalue weighted by Crippen LogP contribution is 2.38. The van der Waals surface area contributed by atoms with Crippen LogP contribution in [0.4, 0.5) is 11.4 Å². The summed E-state index contributed by atoms with van der Waals surface area (Å²) in [6.07, 6.45) is 3.72. The zero-order valence-electron chi connectivity index (χ0n) is 17.2. The van der Waals surface area contributed by atoms with Gasteiger partial charge in [-0.2, -0.15) is 0 Å². The van der Waals surface area contributed by atoms with E-state index in [9.17, 15) is 14.4 Å². The molecule has 1 heterocycles. The Morgan fingerprint density at radius 3 is 2.26 bits per heavy atom. The van der Waals surface area contributed by atoms with Gasteiger partial charge in [-0.05, 0) is 35.9 Å². The van der Waals surface area contributed by atoms with E-state index in [1.807, 2.05) is 36.4 Å². The summed E-state index contributed by atoms with van der Waals surface area (Å²) >= 11 is 3.50. The quantitative estimate of drug-likeness (QED) is 0.394. The highest BCUT2D eigenvalue weighted by molar-refractivity contribution is 9.10. The summed E-state index contributed by atoms with van der Waals surface area (Å²) in [7, 11) is 0. The van der Waals surface area contributed by atoms with Gasteiger partial charge >= 0.3 is 5.97 Å². The molecule has 7 nitrogen and oxygen atoms in total. The lowest BCUT2D eigenvalue weighted by atomic mass is 10.1. The van der Waals surface area contributed by atoms with Crippen molar-refractivity contribution in [2.75, 3.05) is 10.6 Å².